The molecule has 5 nitrogen and oxygen atoms in total. The summed E-state index contributed by atoms with van der Waals surface area (Å²) in [5, 5.41) is 11.5. The van der Waals surface area contributed by atoms with Crippen molar-refractivity contribution in [3.63, 3.8) is 0 Å². The van der Waals surface area contributed by atoms with Crippen molar-refractivity contribution in [2.45, 2.75) is 33.6 Å². The molecule has 0 radical (unpaired) electrons. The van der Waals surface area contributed by atoms with E-state index in [1.807, 2.05) is 42.8 Å². The van der Waals surface area contributed by atoms with Gasteiger partial charge < -0.3 is 10.6 Å². The summed E-state index contributed by atoms with van der Waals surface area (Å²) in [6, 6.07) is 7.52. The quantitative estimate of drug-likeness (QED) is 0.686. The number of rotatable bonds is 8. The van der Waals surface area contributed by atoms with Crippen LogP contribution in [-0.2, 0) is 11.2 Å². The molecule has 1 heterocycles. The summed E-state index contributed by atoms with van der Waals surface area (Å²) < 4.78 is 1.86. The molecule has 0 aliphatic heterocycles. The molecule has 0 aliphatic rings. The molecule has 0 unspecified atom stereocenters. The number of nitrogens with one attached hydrogen (secondary N) is 2. The van der Waals surface area contributed by atoms with E-state index < -0.39 is 0 Å². The topological polar surface area (TPSA) is 58.9 Å². The average Bonchev–Trinajstić information content (AvgIpc) is 2.83. The molecule has 1 aromatic heterocycles. The summed E-state index contributed by atoms with van der Waals surface area (Å²) in [5.74, 6) is 0.0233. The van der Waals surface area contributed by atoms with Crippen LogP contribution in [0.5, 0.6) is 0 Å². The first kappa shape index (κ1) is 21.5. The maximum absolute atomic E-state index is 12.1. The van der Waals surface area contributed by atoms with Crippen LogP contribution < -0.4 is 10.6 Å². The van der Waals surface area contributed by atoms with Crippen LogP contribution in [0.1, 0.15) is 30.3 Å². The first-order valence-corrected chi connectivity index (χ1v) is 8.69. The zero-order valence-electron chi connectivity index (χ0n) is 14.9. The van der Waals surface area contributed by atoms with E-state index >= 15 is 0 Å². The van der Waals surface area contributed by atoms with Gasteiger partial charge in [-0.1, -0.05) is 18.5 Å². The molecule has 1 aromatic carbocycles. The molecule has 0 spiro atoms. The predicted molar refractivity (Wildman–Crippen MR) is 105 cm³/mol. The van der Waals surface area contributed by atoms with Gasteiger partial charge in [0.2, 0.25) is 5.91 Å². The number of halogens is 2. The lowest BCUT2D eigenvalue weighted by molar-refractivity contribution is -0.120. The fourth-order valence-electron chi connectivity index (χ4n) is 2.58. The molecule has 0 bridgehead atoms. The number of aryl methyl sites for hydroxylation is 1. The number of aromatic nitrogens is 2. The van der Waals surface area contributed by atoms with Crippen molar-refractivity contribution >= 4 is 29.9 Å². The van der Waals surface area contributed by atoms with Crippen molar-refractivity contribution in [1.29, 1.82) is 0 Å². The van der Waals surface area contributed by atoms with Crippen LogP contribution in [0.25, 0.3) is 5.69 Å². The maximum Gasteiger partial charge on any atom is 0.224 e. The van der Waals surface area contributed by atoms with Crippen molar-refractivity contribution in [2.75, 3.05) is 19.6 Å². The van der Waals surface area contributed by atoms with Gasteiger partial charge in [0.1, 0.15) is 0 Å². The van der Waals surface area contributed by atoms with Crippen LogP contribution in [0, 0.1) is 13.8 Å². The number of amides is 1. The van der Waals surface area contributed by atoms with Gasteiger partial charge in [-0.2, -0.15) is 5.10 Å². The predicted octanol–water partition coefficient (Wildman–Crippen LogP) is 3.22. The Morgan fingerprint density at radius 3 is 2.48 bits per heavy atom. The van der Waals surface area contributed by atoms with E-state index in [0.29, 0.717) is 18.0 Å². The molecule has 7 heteroatoms. The molecule has 138 valence electrons. The Morgan fingerprint density at radius 2 is 1.84 bits per heavy atom. The average molecular weight is 385 g/mol. The molecule has 25 heavy (non-hydrogen) atoms. The van der Waals surface area contributed by atoms with Gasteiger partial charge in [0.05, 0.1) is 17.8 Å². The number of nitrogens with zero attached hydrogens (tertiary/aromatic N) is 2. The molecular formula is C18H26Cl2N4O. The van der Waals surface area contributed by atoms with Gasteiger partial charge in [-0.3, -0.25) is 4.79 Å². The minimum absolute atomic E-state index is 0. The lowest BCUT2D eigenvalue weighted by Gasteiger charge is -2.07. The van der Waals surface area contributed by atoms with Crippen LogP contribution in [-0.4, -0.2) is 35.3 Å². The lowest BCUT2D eigenvalue weighted by Crippen LogP contribution is -2.33. The van der Waals surface area contributed by atoms with E-state index in [0.717, 1.165) is 42.1 Å². The minimum Gasteiger partial charge on any atom is -0.355 e. The highest BCUT2D eigenvalue weighted by Crippen LogP contribution is 2.20. The molecular weight excluding hydrogens is 359 g/mol. The number of hydrogen-bond donors (Lipinski definition) is 2. The molecule has 0 saturated carbocycles. The van der Waals surface area contributed by atoms with Gasteiger partial charge in [0, 0.05) is 29.4 Å². The van der Waals surface area contributed by atoms with Crippen LogP contribution in [0.4, 0.5) is 0 Å². The Labute approximate surface area is 160 Å². The first-order chi connectivity index (χ1) is 11.5. The van der Waals surface area contributed by atoms with Crippen molar-refractivity contribution in [3.8, 4) is 5.69 Å². The third-order valence-corrected chi connectivity index (χ3v) is 4.15. The Kier molecular flexibility index (Phi) is 8.97. The third kappa shape index (κ3) is 6.03. The van der Waals surface area contributed by atoms with Gasteiger partial charge >= 0.3 is 0 Å². The molecule has 2 N–H and O–H groups in total. The summed E-state index contributed by atoms with van der Waals surface area (Å²) in [7, 11) is 0. The molecule has 0 saturated heterocycles. The highest BCUT2D eigenvalue weighted by molar-refractivity contribution is 6.30. The summed E-state index contributed by atoms with van der Waals surface area (Å²) >= 11 is 5.94. The monoisotopic (exact) mass is 384 g/mol. The molecule has 2 aromatic rings. The normalized spacial score (nSPS) is 10.4. The fraction of sp³-hybridized carbons (Fsp3) is 0.444. The van der Waals surface area contributed by atoms with E-state index in [9.17, 15) is 4.79 Å². The SMILES string of the molecule is CCCNCCNC(=O)Cc1c(C)nn(-c2ccc(Cl)cc2)c1C.Cl. The standard InChI is InChI=1S/C18H25ClN4O.ClH/c1-4-9-20-10-11-21-18(24)12-17-13(2)22-23(14(17)3)16-7-5-15(19)6-8-16;/h5-8,20H,4,9-12H2,1-3H3,(H,21,24);1H. The van der Waals surface area contributed by atoms with E-state index in [1.54, 1.807) is 0 Å². The smallest absolute Gasteiger partial charge is 0.224 e. The number of hydrogen-bond acceptors (Lipinski definition) is 3. The van der Waals surface area contributed by atoms with E-state index in [4.69, 9.17) is 11.6 Å². The number of carbonyl (C=O) groups excluding carboxylic acids is 1. The summed E-state index contributed by atoms with van der Waals surface area (Å²) in [5.41, 5.74) is 3.77. The molecule has 1 amide bonds. The Morgan fingerprint density at radius 1 is 1.16 bits per heavy atom. The third-order valence-electron chi connectivity index (χ3n) is 3.90. The number of carbonyl (C=O) groups is 1. The largest absolute Gasteiger partial charge is 0.355 e. The number of benzene rings is 1. The van der Waals surface area contributed by atoms with Crippen molar-refractivity contribution in [1.82, 2.24) is 20.4 Å². The highest BCUT2D eigenvalue weighted by Gasteiger charge is 2.15. The van der Waals surface area contributed by atoms with E-state index in [-0.39, 0.29) is 18.3 Å². The minimum atomic E-state index is 0. The second-order valence-corrected chi connectivity index (χ2v) is 6.25. The van der Waals surface area contributed by atoms with E-state index in [2.05, 4.69) is 22.7 Å². The second kappa shape index (κ2) is 10.4. The van der Waals surface area contributed by atoms with Crippen LogP contribution >= 0.6 is 24.0 Å². The second-order valence-electron chi connectivity index (χ2n) is 5.81. The van der Waals surface area contributed by atoms with Crippen LogP contribution in [0.3, 0.4) is 0 Å². The van der Waals surface area contributed by atoms with Gasteiger partial charge in [-0.15, -0.1) is 12.4 Å². The van der Waals surface area contributed by atoms with Crippen molar-refractivity contribution in [2.24, 2.45) is 0 Å². The summed E-state index contributed by atoms with van der Waals surface area (Å²) in [6.07, 6.45) is 1.44. The molecule has 2 rings (SSSR count). The van der Waals surface area contributed by atoms with Crippen molar-refractivity contribution in [3.05, 3.63) is 46.2 Å². The highest BCUT2D eigenvalue weighted by atomic mass is 35.5. The van der Waals surface area contributed by atoms with E-state index in [1.165, 1.54) is 0 Å². The zero-order valence-corrected chi connectivity index (χ0v) is 16.5. The molecule has 0 atom stereocenters. The van der Waals surface area contributed by atoms with Crippen molar-refractivity contribution < 1.29 is 4.79 Å². The summed E-state index contributed by atoms with van der Waals surface area (Å²) in [6.45, 7) is 8.45. The van der Waals surface area contributed by atoms with Gasteiger partial charge in [0.25, 0.3) is 0 Å². The lowest BCUT2D eigenvalue weighted by atomic mass is 10.1. The van der Waals surface area contributed by atoms with Crippen LogP contribution in [0.2, 0.25) is 5.02 Å². The maximum atomic E-state index is 12.1. The summed E-state index contributed by atoms with van der Waals surface area (Å²) in [4.78, 5) is 12.1. The zero-order chi connectivity index (χ0) is 17.5. The van der Waals surface area contributed by atoms with Crippen LogP contribution in [0.15, 0.2) is 24.3 Å². The fourth-order valence-corrected chi connectivity index (χ4v) is 2.71. The Bertz CT molecular complexity index is 683. The Hall–Kier alpha value is -1.56. The van der Waals surface area contributed by atoms with Gasteiger partial charge in [-0.05, 0) is 51.1 Å². The first-order valence-electron chi connectivity index (χ1n) is 8.31. The molecule has 0 fully saturated rings. The van der Waals surface area contributed by atoms with Gasteiger partial charge in [0.15, 0.2) is 0 Å². The Balaban J connectivity index is 0.00000312. The molecule has 0 aliphatic carbocycles. The van der Waals surface area contributed by atoms with Gasteiger partial charge in [-0.25, -0.2) is 4.68 Å².